The molecule has 0 saturated carbocycles. The molecule has 1 heterocycles. The van der Waals surface area contributed by atoms with Crippen molar-refractivity contribution in [2.45, 2.75) is 33.1 Å². The van der Waals surface area contributed by atoms with Crippen LogP contribution in [0, 0.1) is 6.92 Å². The van der Waals surface area contributed by atoms with Gasteiger partial charge in [0.15, 0.2) is 0 Å². The summed E-state index contributed by atoms with van der Waals surface area (Å²) in [5.74, 6) is 1.39. The fraction of sp³-hybridized carbons (Fsp3) is 0.615. The van der Waals surface area contributed by atoms with Crippen LogP contribution < -0.4 is 4.74 Å². The lowest BCUT2D eigenvalue weighted by molar-refractivity contribution is 0.171. The van der Waals surface area contributed by atoms with Crippen molar-refractivity contribution in [2.24, 2.45) is 0 Å². The Balaban J connectivity index is 2.65. The Labute approximate surface area is 97.8 Å². The van der Waals surface area contributed by atoms with E-state index < -0.39 is 0 Å². The zero-order valence-electron chi connectivity index (χ0n) is 10.6. The summed E-state index contributed by atoms with van der Waals surface area (Å²) in [6.45, 7) is 7.70. The van der Waals surface area contributed by atoms with Crippen molar-refractivity contribution in [1.29, 1.82) is 0 Å². The molecule has 0 aliphatic carbocycles. The van der Waals surface area contributed by atoms with E-state index in [1.165, 1.54) is 5.56 Å². The van der Waals surface area contributed by atoms with E-state index in [1.807, 2.05) is 19.2 Å². The fourth-order valence-corrected chi connectivity index (χ4v) is 1.49. The normalized spacial score (nSPS) is 10.8. The predicted octanol–water partition coefficient (Wildman–Crippen LogP) is 2.93. The quantitative estimate of drug-likeness (QED) is 0.695. The molecule has 3 nitrogen and oxygen atoms in total. The minimum absolute atomic E-state index is 0.436. The number of methoxy groups -OCH3 is 1. The number of hydrogen-bond acceptors (Lipinski definition) is 3. The second-order valence-corrected chi connectivity index (χ2v) is 4.21. The number of hydrogen-bond donors (Lipinski definition) is 0. The molecule has 0 aliphatic rings. The maximum Gasteiger partial charge on any atom is 0.126 e. The van der Waals surface area contributed by atoms with Crippen molar-refractivity contribution < 1.29 is 9.47 Å². The van der Waals surface area contributed by atoms with Crippen LogP contribution in [0.4, 0.5) is 0 Å². The van der Waals surface area contributed by atoms with Crippen LogP contribution in [0.2, 0.25) is 0 Å². The van der Waals surface area contributed by atoms with Gasteiger partial charge in [-0.05, 0) is 12.8 Å². The molecule has 3 heteroatoms. The Morgan fingerprint density at radius 2 is 2.06 bits per heavy atom. The largest absolute Gasteiger partial charge is 0.493 e. The molecule has 0 N–H and O–H groups in total. The highest BCUT2D eigenvalue weighted by molar-refractivity contribution is 5.35. The summed E-state index contributed by atoms with van der Waals surface area (Å²) >= 11 is 0. The minimum atomic E-state index is 0.436. The lowest BCUT2D eigenvalue weighted by atomic mass is 10.0. The van der Waals surface area contributed by atoms with E-state index >= 15 is 0 Å². The summed E-state index contributed by atoms with van der Waals surface area (Å²) in [5.41, 5.74) is 2.16. The summed E-state index contributed by atoms with van der Waals surface area (Å²) in [7, 11) is 1.70. The van der Waals surface area contributed by atoms with E-state index in [-0.39, 0.29) is 0 Å². The highest BCUT2D eigenvalue weighted by Crippen LogP contribution is 2.26. The maximum atomic E-state index is 5.76. The van der Waals surface area contributed by atoms with Gasteiger partial charge in [-0.3, -0.25) is 4.98 Å². The number of aromatic nitrogens is 1. The van der Waals surface area contributed by atoms with Crippen LogP contribution in [-0.2, 0) is 4.74 Å². The Kier molecular flexibility index (Phi) is 5.26. The number of rotatable bonds is 6. The molecule has 1 rings (SSSR count). The second kappa shape index (κ2) is 6.48. The smallest absolute Gasteiger partial charge is 0.126 e. The first kappa shape index (κ1) is 13.0. The SMILES string of the molecule is COCCCOc1cc(C)ncc1C(C)C. The molecule has 0 saturated heterocycles. The van der Waals surface area contributed by atoms with Gasteiger partial charge in [-0.25, -0.2) is 0 Å². The highest BCUT2D eigenvalue weighted by atomic mass is 16.5. The molecular weight excluding hydrogens is 202 g/mol. The van der Waals surface area contributed by atoms with Crippen LogP contribution in [-0.4, -0.2) is 25.3 Å². The van der Waals surface area contributed by atoms with Gasteiger partial charge in [0.05, 0.1) is 6.61 Å². The van der Waals surface area contributed by atoms with Crippen LogP contribution in [0.25, 0.3) is 0 Å². The van der Waals surface area contributed by atoms with Gasteiger partial charge in [-0.2, -0.15) is 0 Å². The first-order chi connectivity index (χ1) is 7.65. The van der Waals surface area contributed by atoms with Crippen LogP contribution in [0.15, 0.2) is 12.3 Å². The van der Waals surface area contributed by atoms with E-state index in [4.69, 9.17) is 9.47 Å². The molecule has 0 aliphatic heterocycles. The Hall–Kier alpha value is -1.09. The first-order valence-corrected chi connectivity index (χ1v) is 5.73. The van der Waals surface area contributed by atoms with Crippen molar-refractivity contribution in [3.63, 3.8) is 0 Å². The average molecular weight is 223 g/mol. The maximum absolute atomic E-state index is 5.76. The van der Waals surface area contributed by atoms with E-state index in [2.05, 4.69) is 18.8 Å². The number of ether oxygens (including phenoxy) is 2. The topological polar surface area (TPSA) is 31.4 Å². The second-order valence-electron chi connectivity index (χ2n) is 4.21. The van der Waals surface area contributed by atoms with Crippen LogP contribution in [0.1, 0.15) is 37.4 Å². The van der Waals surface area contributed by atoms with E-state index in [1.54, 1.807) is 7.11 Å². The monoisotopic (exact) mass is 223 g/mol. The Morgan fingerprint density at radius 1 is 1.31 bits per heavy atom. The fourth-order valence-electron chi connectivity index (χ4n) is 1.49. The summed E-state index contributed by atoms with van der Waals surface area (Å²) in [4.78, 5) is 4.30. The molecule has 0 bridgehead atoms. The molecular formula is C13H21NO2. The molecule has 0 unspecified atom stereocenters. The third-order valence-electron chi connectivity index (χ3n) is 2.40. The Morgan fingerprint density at radius 3 is 2.69 bits per heavy atom. The van der Waals surface area contributed by atoms with Gasteiger partial charge in [-0.1, -0.05) is 13.8 Å². The lowest BCUT2D eigenvalue weighted by Crippen LogP contribution is -2.05. The molecule has 0 spiro atoms. The van der Waals surface area contributed by atoms with E-state index in [9.17, 15) is 0 Å². The summed E-state index contributed by atoms with van der Waals surface area (Å²) in [5, 5.41) is 0. The molecule has 1 aromatic heterocycles. The summed E-state index contributed by atoms with van der Waals surface area (Å²) in [6.07, 6.45) is 2.82. The Bertz CT molecular complexity index is 324. The van der Waals surface area contributed by atoms with Gasteiger partial charge in [0.25, 0.3) is 0 Å². The van der Waals surface area contributed by atoms with Gasteiger partial charge in [0.1, 0.15) is 5.75 Å². The van der Waals surface area contributed by atoms with E-state index in [0.717, 1.165) is 24.5 Å². The molecule has 0 aromatic carbocycles. The van der Waals surface area contributed by atoms with Crippen LogP contribution in [0.3, 0.4) is 0 Å². The van der Waals surface area contributed by atoms with Crippen LogP contribution >= 0.6 is 0 Å². The third-order valence-corrected chi connectivity index (χ3v) is 2.40. The van der Waals surface area contributed by atoms with Gasteiger partial charge in [-0.15, -0.1) is 0 Å². The molecule has 1 aromatic rings. The summed E-state index contributed by atoms with van der Waals surface area (Å²) in [6, 6.07) is 2.00. The van der Waals surface area contributed by atoms with Crippen molar-refractivity contribution in [2.75, 3.05) is 20.3 Å². The predicted molar refractivity (Wildman–Crippen MR) is 65.1 cm³/mol. The van der Waals surface area contributed by atoms with Crippen LogP contribution in [0.5, 0.6) is 5.75 Å². The number of nitrogens with zero attached hydrogens (tertiary/aromatic N) is 1. The van der Waals surface area contributed by atoms with Crippen molar-refractivity contribution in [3.05, 3.63) is 23.5 Å². The number of pyridine rings is 1. The number of aryl methyl sites for hydroxylation is 1. The molecule has 16 heavy (non-hydrogen) atoms. The standard InChI is InChI=1S/C13H21NO2/c1-10(2)12-9-14-11(3)8-13(12)16-7-5-6-15-4/h8-10H,5-7H2,1-4H3. The first-order valence-electron chi connectivity index (χ1n) is 5.73. The van der Waals surface area contributed by atoms with Gasteiger partial charge in [0.2, 0.25) is 0 Å². The molecule has 0 amide bonds. The lowest BCUT2D eigenvalue weighted by Gasteiger charge is -2.14. The molecule has 90 valence electrons. The van der Waals surface area contributed by atoms with Gasteiger partial charge >= 0.3 is 0 Å². The molecule has 0 fully saturated rings. The molecule has 0 atom stereocenters. The molecule has 0 radical (unpaired) electrons. The van der Waals surface area contributed by atoms with Crippen molar-refractivity contribution in [1.82, 2.24) is 4.98 Å². The van der Waals surface area contributed by atoms with Crippen molar-refractivity contribution in [3.8, 4) is 5.75 Å². The third kappa shape index (κ3) is 3.81. The zero-order chi connectivity index (χ0) is 12.0. The zero-order valence-corrected chi connectivity index (χ0v) is 10.6. The van der Waals surface area contributed by atoms with Crippen molar-refractivity contribution >= 4 is 0 Å². The van der Waals surface area contributed by atoms with Gasteiger partial charge in [0, 0.05) is 43.7 Å². The average Bonchev–Trinajstić information content (AvgIpc) is 2.24. The van der Waals surface area contributed by atoms with Gasteiger partial charge < -0.3 is 9.47 Å². The van der Waals surface area contributed by atoms with E-state index in [0.29, 0.717) is 12.5 Å². The minimum Gasteiger partial charge on any atom is -0.493 e. The summed E-state index contributed by atoms with van der Waals surface area (Å²) < 4.78 is 10.8. The highest BCUT2D eigenvalue weighted by Gasteiger charge is 2.08.